The van der Waals surface area contributed by atoms with E-state index in [0.717, 1.165) is 37.2 Å². The van der Waals surface area contributed by atoms with Crippen molar-refractivity contribution in [3.63, 3.8) is 0 Å². The highest BCUT2D eigenvalue weighted by atomic mass is 16.5. The van der Waals surface area contributed by atoms with E-state index >= 15 is 0 Å². The fraction of sp³-hybridized carbons (Fsp3) is 0.381. The van der Waals surface area contributed by atoms with Gasteiger partial charge in [0.05, 0.1) is 6.10 Å². The predicted molar refractivity (Wildman–Crippen MR) is 104 cm³/mol. The van der Waals surface area contributed by atoms with Gasteiger partial charge in [0.15, 0.2) is 6.61 Å². The third-order valence-corrected chi connectivity index (χ3v) is 4.65. The number of hydrogen-bond donors (Lipinski definition) is 1. The number of piperidine rings is 1. The Bertz CT molecular complexity index is 722. The molecule has 26 heavy (non-hydrogen) atoms. The van der Waals surface area contributed by atoms with Gasteiger partial charge in [-0.3, -0.25) is 4.79 Å². The second kappa shape index (κ2) is 8.72. The maximum atomic E-state index is 12.1. The van der Waals surface area contributed by atoms with Gasteiger partial charge in [-0.05, 0) is 61.7 Å². The molecule has 138 valence electrons. The molecule has 0 aromatic heterocycles. The third kappa shape index (κ3) is 4.99. The van der Waals surface area contributed by atoms with Crippen LogP contribution in [0.4, 0.5) is 11.4 Å². The molecule has 1 amide bonds. The number of aryl methyl sites for hydroxylation is 1. The Morgan fingerprint density at radius 2 is 1.88 bits per heavy atom. The van der Waals surface area contributed by atoms with Crippen molar-refractivity contribution in [3.05, 3.63) is 54.1 Å². The topological polar surface area (TPSA) is 50.8 Å². The second-order valence-electron chi connectivity index (χ2n) is 6.62. The van der Waals surface area contributed by atoms with Crippen LogP contribution in [0.5, 0.6) is 5.75 Å². The Morgan fingerprint density at radius 3 is 2.54 bits per heavy atom. The van der Waals surface area contributed by atoms with E-state index in [1.807, 2.05) is 55.5 Å². The summed E-state index contributed by atoms with van der Waals surface area (Å²) in [6.45, 7) is 3.98. The Labute approximate surface area is 154 Å². The smallest absolute Gasteiger partial charge is 0.262 e. The van der Waals surface area contributed by atoms with Crippen LogP contribution >= 0.6 is 0 Å². The lowest BCUT2D eigenvalue weighted by Gasteiger charge is -2.33. The third-order valence-electron chi connectivity index (χ3n) is 4.65. The molecule has 1 aliphatic heterocycles. The molecule has 0 bridgehead atoms. The van der Waals surface area contributed by atoms with Crippen molar-refractivity contribution in [1.82, 2.24) is 0 Å². The minimum absolute atomic E-state index is 0.00423. The van der Waals surface area contributed by atoms with E-state index in [9.17, 15) is 4.79 Å². The van der Waals surface area contributed by atoms with Crippen molar-refractivity contribution in [2.45, 2.75) is 25.9 Å². The number of carbonyl (C=O) groups excluding carboxylic acids is 1. The quantitative estimate of drug-likeness (QED) is 0.861. The molecule has 0 aliphatic carbocycles. The lowest BCUT2D eigenvalue weighted by atomic mass is 10.1. The number of amides is 1. The number of benzene rings is 2. The summed E-state index contributed by atoms with van der Waals surface area (Å²) in [6, 6.07) is 15.6. The van der Waals surface area contributed by atoms with Crippen molar-refractivity contribution in [2.75, 3.05) is 37.0 Å². The lowest BCUT2D eigenvalue weighted by molar-refractivity contribution is -0.118. The van der Waals surface area contributed by atoms with Crippen molar-refractivity contribution >= 4 is 17.3 Å². The van der Waals surface area contributed by atoms with Gasteiger partial charge in [0.2, 0.25) is 0 Å². The highest BCUT2D eigenvalue weighted by Gasteiger charge is 2.18. The molecule has 1 heterocycles. The van der Waals surface area contributed by atoms with Gasteiger partial charge in [0, 0.05) is 31.6 Å². The predicted octanol–water partition coefficient (Wildman–Crippen LogP) is 3.63. The average molecular weight is 354 g/mol. The zero-order chi connectivity index (χ0) is 18.4. The van der Waals surface area contributed by atoms with E-state index in [2.05, 4.69) is 10.2 Å². The molecule has 0 spiro atoms. The molecule has 1 aliphatic rings. The van der Waals surface area contributed by atoms with Crippen LogP contribution in [0.1, 0.15) is 18.4 Å². The summed E-state index contributed by atoms with van der Waals surface area (Å²) in [5.74, 6) is 0.537. The molecular formula is C21H26N2O3. The van der Waals surface area contributed by atoms with Crippen molar-refractivity contribution in [1.29, 1.82) is 0 Å². The Kier molecular flexibility index (Phi) is 6.12. The fourth-order valence-corrected chi connectivity index (χ4v) is 3.16. The van der Waals surface area contributed by atoms with Crippen LogP contribution in [-0.4, -0.2) is 38.8 Å². The largest absolute Gasteiger partial charge is 0.484 e. The lowest BCUT2D eigenvalue weighted by Crippen LogP contribution is -2.36. The van der Waals surface area contributed by atoms with Crippen molar-refractivity contribution < 1.29 is 14.3 Å². The van der Waals surface area contributed by atoms with E-state index in [-0.39, 0.29) is 12.5 Å². The summed E-state index contributed by atoms with van der Waals surface area (Å²) >= 11 is 0. The monoisotopic (exact) mass is 354 g/mol. The fourth-order valence-electron chi connectivity index (χ4n) is 3.16. The van der Waals surface area contributed by atoms with Crippen LogP contribution in [0.2, 0.25) is 0 Å². The molecule has 1 fully saturated rings. The molecule has 0 unspecified atom stereocenters. The van der Waals surface area contributed by atoms with E-state index in [0.29, 0.717) is 11.9 Å². The Balaban J connectivity index is 1.48. The van der Waals surface area contributed by atoms with Gasteiger partial charge < -0.3 is 19.7 Å². The van der Waals surface area contributed by atoms with Crippen LogP contribution in [-0.2, 0) is 9.53 Å². The van der Waals surface area contributed by atoms with Crippen LogP contribution in [0.15, 0.2) is 48.5 Å². The standard InChI is InChI=1S/C21H26N2O3/c1-16-4-3-5-20(14-16)26-15-21(24)22-17-6-8-18(9-7-17)23-12-10-19(25-2)11-13-23/h3-9,14,19H,10-13,15H2,1-2H3,(H,22,24). The summed E-state index contributed by atoms with van der Waals surface area (Å²) in [7, 11) is 1.78. The zero-order valence-corrected chi connectivity index (χ0v) is 15.4. The number of hydrogen-bond acceptors (Lipinski definition) is 4. The number of methoxy groups -OCH3 is 1. The van der Waals surface area contributed by atoms with E-state index in [1.54, 1.807) is 7.11 Å². The van der Waals surface area contributed by atoms with Crippen molar-refractivity contribution in [3.8, 4) is 5.75 Å². The van der Waals surface area contributed by atoms with Gasteiger partial charge in [0.25, 0.3) is 5.91 Å². The summed E-state index contributed by atoms with van der Waals surface area (Å²) in [4.78, 5) is 14.4. The van der Waals surface area contributed by atoms with Crippen LogP contribution in [0.3, 0.4) is 0 Å². The first kappa shape index (κ1) is 18.3. The number of nitrogens with one attached hydrogen (secondary N) is 1. The highest BCUT2D eigenvalue weighted by Crippen LogP contribution is 2.23. The molecule has 1 N–H and O–H groups in total. The average Bonchev–Trinajstić information content (AvgIpc) is 2.67. The number of rotatable bonds is 6. The molecule has 3 rings (SSSR count). The summed E-state index contributed by atoms with van der Waals surface area (Å²) in [5.41, 5.74) is 3.06. The molecule has 5 heteroatoms. The van der Waals surface area contributed by atoms with Gasteiger partial charge in [-0.15, -0.1) is 0 Å². The molecule has 5 nitrogen and oxygen atoms in total. The minimum Gasteiger partial charge on any atom is -0.484 e. The normalized spacial score (nSPS) is 14.9. The molecule has 1 saturated heterocycles. The second-order valence-corrected chi connectivity index (χ2v) is 6.62. The first-order valence-electron chi connectivity index (χ1n) is 9.01. The van der Waals surface area contributed by atoms with E-state index in [1.165, 1.54) is 5.69 Å². The Hall–Kier alpha value is -2.53. The number of nitrogens with zero attached hydrogens (tertiary/aromatic N) is 1. The van der Waals surface area contributed by atoms with Crippen LogP contribution in [0, 0.1) is 6.92 Å². The Morgan fingerprint density at radius 1 is 1.15 bits per heavy atom. The maximum Gasteiger partial charge on any atom is 0.262 e. The summed E-state index contributed by atoms with van der Waals surface area (Å²) in [6.07, 6.45) is 2.47. The van der Waals surface area contributed by atoms with Gasteiger partial charge in [0.1, 0.15) is 5.75 Å². The van der Waals surface area contributed by atoms with Crippen molar-refractivity contribution in [2.24, 2.45) is 0 Å². The molecular weight excluding hydrogens is 328 g/mol. The highest BCUT2D eigenvalue weighted by molar-refractivity contribution is 5.92. The van der Waals surface area contributed by atoms with Crippen LogP contribution in [0.25, 0.3) is 0 Å². The summed E-state index contributed by atoms with van der Waals surface area (Å²) in [5, 5.41) is 2.87. The van der Waals surface area contributed by atoms with Gasteiger partial charge in [-0.25, -0.2) is 0 Å². The van der Waals surface area contributed by atoms with E-state index < -0.39 is 0 Å². The first-order chi connectivity index (χ1) is 12.6. The summed E-state index contributed by atoms with van der Waals surface area (Å²) < 4.78 is 10.9. The zero-order valence-electron chi connectivity index (χ0n) is 15.4. The molecule has 2 aromatic rings. The van der Waals surface area contributed by atoms with Gasteiger partial charge in [-0.2, -0.15) is 0 Å². The molecule has 0 radical (unpaired) electrons. The molecule has 2 aromatic carbocycles. The van der Waals surface area contributed by atoms with Gasteiger partial charge in [-0.1, -0.05) is 12.1 Å². The SMILES string of the molecule is COC1CCN(c2ccc(NC(=O)COc3cccc(C)c3)cc2)CC1. The van der Waals surface area contributed by atoms with E-state index in [4.69, 9.17) is 9.47 Å². The minimum atomic E-state index is -0.167. The molecule has 0 atom stereocenters. The van der Waals surface area contributed by atoms with Crippen LogP contribution < -0.4 is 15.0 Å². The number of anilines is 2. The maximum absolute atomic E-state index is 12.1. The molecule has 0 saturated carbocycles. The number of carbonyl (C=O) groups is 1. The number of ether oxygens (including phenoxy) is 2. The van der Waals surface area contributed by atoms with Gasteiger partial charge >= 0.3 is 0 Å². The first-order valence-corrected chi connectivity index (χ1v) is 9.01.